The second kappa shape index (κ2) is 25.2. The number of carbonyl (C=O) groups excluding carboxylic acids is 3. The number of hydrogen-bond acceptors (Lipinski definition) is 6. The number of imidazole rings is 1. The van der Waals surface area contributed by atoms with Gasteiger partial charge in [-0.1, -0.05) is 77.8 Å². The first-order chi connectivity index (χ1) is 19.8. The Bertz CT molecular complexity index is 1100. The van der Waals surface area contributed by atoms with Crippen molar-refractivity contribution in [3.63, 3.8) is 0 Å². The Morgan fingerprint density at radius 3 is 2.24 bits per heavy atom. The average Bonchev–Trinajstić information content (AvgIpc) is 3.44. The van der Waals surface area contributed by atoms with Gasteiger partial charge in [-0.05, 0) is 62.4 Å². The maximum absolute atomic E-state index is 12.1. The molecule has 0 aliphatic heterocycles. The molecule has 0 unspecified atom stereocenters. The molecule has 1 heterocycles. The van der Waals surface area contributed by atoms with E-state index in [1.165, 1.54) is 19.6 Å². The summed E-state index contributed by atoms with van der Waals surface area (Å²) in [6.07, 6.45) is 14.7. The third kappa shape index (κ3) is 15.5. The van der Waals surface area contributed by atoms with Crippen molar-refractivity contribution >= 4 is 29.8 Å². The van der Waals surface area contributed by atoms with E-state index in [-0.39, 0.29) is 23.7 Å². The minimum atomic E-state index is -0.0395. The summed E-state index contributed by atoms with van der Waals surface area (Å²) >= 11 is 0. The van der Waals surface area contributed by atoms with Gasteiger partial charge in [0.25, 0.3) is 0 Å². The topological polar surface area (TPSA) is 128 Å². The van der Waals surface area contributed by atoms with Crippen molar-refractivity contribution in [3.05, 3.63) is 59.6 Å². The number of aromatic amines is 1. The summed E-state index contributed by atoms with van der Waals surface area (Å²) in [7, 11) is 1.42. The number of H-pyrrole nitrogens is 1. The Hall–Kier alpha value is -3.81. The smallest absolute Gasteiger partial charge is 0.204 e. The number of allylic oxidation sites excluding steroid dienone is 2. The number of ketones is 2. The normalized spacial score (nSPS) is 10.3. The number of oxime groups is 1. The summed E-state index contributed by atoms with van der Waals surface area (Å²) in [5.74, 6) is 0.984. The predicted octanol–water partition coefficient (Wildman–Crippen LogP) is 7.67. The van der Waals surface area contributed by atoms with E-state index in [0.29, 0.717) is 6.42 Å². The van der Waals surface area contributed by atoms with Crippen LogP contribution in [0, 0.1) is 0 Å². The molecule has 1 aromatic heterocycles. The van der Waals surface area contributed by atoms with Gasteiger partial charge in [-0.15, -0.1) is 0 Å². The van der Waals surface area contributed by atoms with Crippen LogP contribution in [0.25, 0.3) is 17.3 Å². The third-order valence-electron chi connectivity index (χ3n) is 5.54. The van der Waals surface area contributed by atoms with Crippen LogP contribution in [-0.4, -0.2) is 40.8 Å². The number of hydrogen-bond donors (Lipinski definition) is 2. The first kappa shape index (κ1) is 39.3. The summed E-state index contributed by atoms with van der Waals surface area (Å²) in [5.41, 5.74) is 9.31. The third-order valence-corrected chi connectivity index (χ3v) is 5.54. The van der Waals surface area contributed by atoms with Crippen LogP contribution in [0.1, 0.15) is 114 Å². The number of unbranched alkanes of at least 4 members (excludes halogenated alkanes) is 3. The zero-order valence-electron chi connectivity index (χ0n) is 26.5. The van der Waals surface area contributed by atoms with Crippen LogP contribution < -0.4 is 5.73 Å². The van der Waals surface area contributed by atoms with E-state index in [2.05, 4.69) is 59.1 Å². The molecule has 0 atom stereocenters. The maximum atomic E-state index is 12.1. The number of primary amides is 1. The molecule has 0 aliphatic carbocycles. The molecule has 41 heavy (non-hydrogen) atoms. The van der Waals surface area contributed by atoms with Crippen LogP contribution in [0.5, 0.6) is 0 Å². The highest BCUT2D eigenvalue weighted by Crippen LogP contribution is 2.28. The monoisotopic (exact) mass is 568 g/mol. The molecule has 2 aromatic rings. The number of nitrogens with one attached hydrogen (secondary N) is 1. The fourth-order valence-corrected chi connectivity index (χ4v) is 3.81. The first-order valence-corrected chi connectivity index (χ1v) is 14.5. The SMILES string of the molecule is C=C/C(=N\OC)C(=O)CCCCCCc1ncc(-c2cc(/C=C\C)c(C(C)=O)cc2CC)[nH]1.CC.CCC.NC=O. The summed E-state index contributed by atoms with van der Waals surface area (Å²) in [4.78, 5) is 45.4. The van der Waals surface area contributed by atoms with Crippen LogP contribution in [0.15, 0.2) is 42.2 Å². The second-order valence-electron chi connectivity index (χ2n) is 8.79. The Morgan fingerprint density at radius 2 is 1.73 bits per heavy atom. The van der Waals surface area contributed by atoms with Gasteiger partial charge in [0.2, 0.25) is 6.41 Å². The van der Waals surface area contributed by atoms with Crippen molar-refractivity contribution in [2.45, 2.75) is 99.8 Å². The summed E-state index contributed by atoms with van der Waals surface area (Å²) in [5, 5.41) is 3.68. The number of rotatable bonds is 14. The molecule has 1 amide bonds. The molecule has 0 spiro atoms. The van der Waals surface area contributed by atoms with Crippen LogP contribution in [0.3, 0.4) is 0 Å². The zero-order chi connectivity index (χ0) is 31.6. The van der Waals surface area contributed by atoms with Gasteiger partial charge in [0.1, 0.15) is 18.6 Å². The molecule has 0 saturated carbocycles. The van der Waals surface area contributed by atoms with Gasteiger partial charge in [-0.2, -0.15) is 0 Å². The molecule has 228 valence electrons. The summed E-state index contributed by atoms with van der Waals surface area (Å²) < 4.78 is 0. The molecule has 1 aromatic carbocycles. The molecule has 0 saturated heterocycles. The number of Topliss-reactive ketones (excluding diaryl/α,β-unsaturated/α-hetero) is 2. The van der Waals surface area contributed by atoms with Gasteiger partial charge >= 0.3 is 0 Å². The van der Waals surface area contributed by atoms with Crippen molar-refractivity contribution in [2.75, 3.05) is 7.11 Å². The summed E-state index contributed by atoms with van der Waals surface area (Å²) in [6.45, 7) is 17.5. The van der Waals surface area contributed by atoms with E-state index in [9.17, 15) is 9.59 Å². The van der Waals surface area contributed by atoms with Crippen LogP contribution in [-0.2, 0) is 27.3 Å². The summed E-state index contributed by atoms with van der Waals surface area (Å²) in [6, 6.07) is 4.08. The highest BCUT2D eigenvalue weighted by atomic mass is 16.6. The van der Waals surface area contributed by atoms with E-state index in [4.69, 9.17) is 4.79 Å². The highest BCUT2D eigenvalue weighted by Gasteiger charge is 2.14. The van der Waals surface area contributed by atoms with Gasteiger partial charge in [-0.25, -0.2) is 4.98 Å². The molecule has 8 nitrogen and oxygen atoms in total. The number of benzene rings is 1. The zero-order valence-corrected chi connectivity index (χ0v) is 26.5. The van der Waals surface area contributed by atoms with Gasteiger partial charge in [-0.3, -0.25) is 14.4 Å². The maximum Gasteiger partial charge on any atom is 0.204 e. The van der Waals surface area contributed by atoms with E-state index >= 15 is 0 Å². The predicted molar refractivity (Wildman–Crippen MR) is 172 cm³/mol. The number of aryl methyl sites for hydroxylation is 2. The molecule has 0 fully saturated rings. The lowest BCUT2D eigenvalue weighted by atomic mass is 9.93. The Balaban J connectivity index is 0. The lowest BCUT2D eigenvalue weighted by molar-refractivity contribution is -0.113. The minimum Gasteiger partial charge on any atom is -0.399 e. The van der Waals surface area contributed by atoms with Crippen molar-refractivity contribution in [1.82, 2.24) is 9.97 Å². The molecule has 0 radical (unpaired) electrons. The van der Waals surface area contributed by atoms with Crippen molar-refractivity contribution in [1.29, 1.82) is 0 Å². The van der Waals surface area contributed by atoms with Gasteiger partial charge in [0, 0.05) is 24.0 Å². The van der Waals surface area contributed by atoms with Crippen molar-refractivity contribution < 1.29 is 19.2 Å². The molecule has 2 rings (SSSR count). The van der Waals surface area contributed by atoms with Gasteiger partial charge in [0.15, 0.2) is 11.6 Å². The quantitative estimate of drug-likeness (QED) is 0.0794. The van der Waals surface area contributed by atoms with Gasteiger partial charge in [0.05, 0.1) is 11.9 Å². The van der Waals surface area contributed by atoms with Gasteiger partial charge < -0.3 is 15.6 Å². The van der Waals surface area contributed by atoms with Crippen molar-refractivity contribution in [3.8, 4) is 11.3 Å². The van der Waals surface area contributed by atoms with Crippen LogP contribution >= 0.6 is 0 Å². The number of nitrogens with zero attached hydrogens (tertiary/aromatic N) is 2. The average molecular weight is 569 g/mol. The number of aromatic nitrogens is 2. The van der Waals surface area contributed by atoms with E-state index in [1.807, 2.05) is 45.2 Å². The van der Waals surface area contributed by atoms with Crippen LogP contribution in [0.4, 0.5) is 0 Å². The van der Waals surface area contributed by atoms with E-state index in [1.54, 1.807) is 6.92 Å². The lowest BCUT2D eigenvalue weighted by Crippen LogP contribution is -2.11. The first-order valence-electron chi connectivity index (χ1n) is 14.5. The molecule has 3 N–H and O–H groups in total. The number of nitrogens with two attached hydrogens (primary N) is 1. The molecule has 8 heteroatoms. The fourth-order valence-electron chi connectivity index (χ4n) is 3.81. The molecule has 0 bridgehead atoms. The minimum absolute atomic E-state index is 0.0395. The fraction of sp³-hybridized carbons (Fsp3) is 0.485. The standard InChI is InChI=1S/C27H35N3O3.C3H8.C2H6.CH3NO/c1-6-13-21-17-23(20(7-2)16-22(21)19(4)31)25-18-28-27(29-25)15-12-10-9-11-14-26(32)24(8-3)30-33-5;1-3-2;1-2;2-1-3/h6,8,13,16-18H,3,7,9-12,14-15H2,1-2,4-5H3,(H,28,29);3H2,1-2H3;1-2H3;1H,(H2,2,3)/b13-6-,30-24+;;;. The Morgan fingerprint density at radius 1 is 1.12 bits per heavy atom. The molecule has 0 aliphatic rings. The Labute approximate surface area is 247 Å². The largest absolute Gasteiger partial charge is 0.399 e. The Kier molecular flexibility index (Phi) is 24.2. The van der Waals surface area contributed by atoms with E-state index in [0.717, 1.165) is 72.3 Å². The molecular weight excluding hydrogens is 516 g/mol. The van der Waals surface area contributed by atoms with Crippen molar-refractivity contribution in [2.24, 2.45) is 10.9 Å². The lowest BCUT2D eigenvalue weighted by Gasteiger charge is -2.11. The number of amides is 1. The highest BCUT2D eigenvalue weighted by molar-refractivity contribution is 6.43. The van der Waals surface area contributed by atoms with E-state index < -0.39 is 0 Å². The van der Waals surface area contributed by atoms with Crippen LogP contribution in [0.2, 0.25) is 0 Å². The molecular formula is C33H52N4O4. The number of carbonyl (C=O) groups is 3. The second-order valence-corrected chi connectivity index (χ2v) is 8.79.